The van der Waals surface area contributed by atoms with Gasteiger partial charge in [-0.1, -0.05) is 0 Å². The van der Waals surface area contributed by atoms with Gasteiger partial charge in [-0.05, 0) is 24.3 Å². The number of aromatic nitrogens is 2. The molecule has 4 N–H and O–H groups in total. The van der Waals surface area contributed by atoms with Crippen LogP contribution in [0.5, 0.6) is 0 Å². The van der Waals surface area contributed by atoms with Crippen LogP contribution in [0, 0.1) is 0 Å². The van der Waals surface area contributed by atoms with E-state index in [9.17, 15) is 9.59 Å². The number of nitrogens with zero attached hydrogens (tertiary/aromatic N) is 2. The zero-order valence-corrected chi connectivity index (χ0v) is 10.2. The molecule has 19 heavy (non-hydrogen) atoms. The summed E-state index contributed by atoms with van der Waals surface area (Å²) in [5.41, 5.74) is 12.3. The standard InChI is InChI=1S/C12H12N4O3/c1-19-12(18)7-2-3-8(13)10(6-7)16-5-4-9(15-16)11(14)17/h2-6H,13H2,1H3,(H2,14,17). The lowest BCUT2D eigenvalue weighted by molar-refractivity contribution is 0.0600. The Balaban J connectivity index is 2.48. The highest BCUT2D eigenvalue weighted by Crippen LogP contribution is 2.19. The summed E-state index contributed by atoms with van der Waals surface area (Å²) in [6.07, 6.45) is 1.53. The van der Waals surface area contributed by atoms with E-state index in [0.717, 1.165) is 0 Å². The maximum Gasteiger partial charge on any atom is 0.337 e. The predicted molar refractivity (Wildman–Crippen MR) is 67.8 cm³/mol. The number of amides is 1. The van der Waals surface area contributed by atoms with E-state index in [2.05, 4.69) is 9.84 Å². The van der Waals surface area contributed by atoms with Crippen molar-refractivity contribution in [1.29, 1.82) is 0 Å². The highest BCUT2D eigenvalue weighted by atomic mass is 16.5. The van der Waals surface area contributed by atoms with Crippen LogP contribution in [-0.2, 0) is 4.74 Å². The summed E-state index contributed by atoms with van der Waals surface area (Å²) in [5, 5.41) is 3.98. The SMILES string of the molecule is COC(=O)c1ccc(N)c(-n2ccc(C(N)=O)n2)c1. The van der Waals surface area contributed by atoms with Gasteiger partial charge in [-0.25, -0.2) is 9.48 Å². The molecule has 1 aromatic carbocycles. The second kappa shape index (κ2) is 4.81. The number of nitrogens with two attached hydrogens (primary N) is 2. The molecule has 0 aliphatic heterocycles. The first-order valence-electron chi connectivity index (χ1n) is 5.36. The number of anilines is 1. The van der Waals surface area contributed by atoms with Crippen LogP contribution in [0.4, 0.5) is 5.69 Å². The van der Waals surface area contributed by atoms with Gasteiger partial charge in [0, 0.05) is 6.20 Å². The molecule has 1 heterocycles. The molecule has 0 unspecified atom stereocenters. The predicted octanol–water partition coefficient (Wildman–Crippen LogP) is 0.340. The van der Waals surface area contributed by atoms with E-state index < -0.39 is 11.9 Å². The molecule has 0 saturated carbocycles. The van der Waals surface area contributed by atoms with Crippen LogP contribution in [0.1, 0.15) is 20.8 Å². The summed E-state index contributed by atoms with van der Waals surface area (Å²) in [4.78, 5) is 22.4. The summed E-state index contributed by atoms with van der Waals surface area (Å²) >= 11 is 0. The third-order valence-corrected chi connectivity index (χ3v) is 2.54. The van der Waals surface area contributed by atoms with E-state index in [4.69, 9.17) is 11.5 Å². The zero-order chi connectivity index (χ0) is 14.0. The monoisotopic (exact) mass is 260 g/mol. The van der Waals surface area contributed by atoms with E-state index in [1.54, 1.807) is 12.1 Å². The van der Waals surface area contributed by atoms with Crippen LogP contribution in [0.25, 0.3) is 5.69 Å². The molecule has 2 rings (SSSR count). The number of carbonyl (C=O) groups is 2. The Bertz CT molecular complexity index is 648. The summed E-state index contributed by atoms with van der Waals surface area (Å²) in [6.45, 7) is 0. The lowest BCUT2D eigenvalue weighted by atomic mass is 10.2. The number of rotatable bonds is 3. The number of primary amides is 1. The molecule has 0 saturated heterocycles. The third-order valence-electron chi connectivity index (χ3n) is 2.54. The maximum atomic E-state index is 11.5. The van der Waals surface area contributed by atoms with Gasteiger partial charge in [0.1, 0.15) is 5.69 Å². The van der Waals surface area contributed by atoms with Gasteiger partial charge < -0.3 is 16.2 Å². The van der Waals surface area contributed by atoms with Gasteiger partial charge in [-0.15, -0.1) is 0 Å². The summed E-state index contributed by atoms with van der Waals surface area (Å²) in [7, 11) is 1.29. The molecule has 1 aromatic heterocycles. The van der Waals surface area contributed by atoms with Gasteiger partial charge in [0.05, 0.1) is 24.0 Å². The van der Waals surface area contributed by atoms with Crippen molar-refractivity contribution in [1.82, 2.24) is 9.78 Å². The third kappa shape index (κ3) is 2.39. The first-order chi connectivity index (χ1) is 9.02. The van der Waals surface area contributed by atoms with Crippen LogP contribution in [0.15, 0.2) is 30.5 Å². The summed E-state index contributed by atoms with van der Waals surface area (Å²) in [5.74, 6) is -1.12. The van der Waals surface area contributed by atoms with Crippen LogP contribution < -0.4 is 11.5 Å². The molecule has 0 atom stereocenters. The Morgan fingerprint density at radius 1 is 1.32 bits per heavy atom. The van der Waals surface area contributed by atoms with Crippen molar-refractivity contribution in [3.05, 3.63) is 41.7 Å². The molecule has 98 valence electrons. The van der Waals surface area contributed by atoms with Crippen LogP contribution in [0.2, 0.25) is 0 Å². The number of methoxy groups -OCH3 is 1. The van der Waals surface area contributed by atoms with Gasteiger partial charge in [-0.2, -0.15) is 5.10 Å². The number of esters is 1. The number of hydrogen-bond donors (Lipinski definition) is 2. The minimum absolute atomic E-state index is 0.114. The molecule has 1 amide bonds. The molecule has 0 aliphatic carbocycles. The lowest BCUT2D eigenvalue weighted by Gasteiger charge is -2.07. The quantitative estimate of drug-likeness (QED) is 0.610. The largest absolute Gasteiger partial charge is 0.465 e. The highest BCUT2D eigenvalue weighted by molar-refractivity contribution is 5.91. The van der Waals surface area contributed by atoms with Crippen molar-refractivity contribution in [2.24, 2.45) is 5.73 Å². The van der Waals surface area contributed by atoms with Gasteiger partial charge >= 0.3 is 5.97 Å². The maximum absolute atomic E-state index is 11.5. The molecule has 2 aromatic rings. The number of ether oxygens (including phenoxy) is 1. The average Bonchev–Trinajstić information content (AvgIpc) is 2.88. The fourth-order valence-electron chi connectivity index (χ4n) is 1.58. The highest BCUT2D eigenvalue weighted by Gasteiger charge is 2.12. The fourth-order valence-corrected chi connectivity index (χ4v) is 1.58. The first kappa shape index (κ1) is 12.6. The Labute approximate surface area is 108 Å². The average molecular weight is 260 g/mol. The molecule has 7 nitrogen and oxygen atoms in total. The van der Waals surface area contributed by atoms with Crippen LogP contribution in [0.3, 0.4) is 0 Å². The van der Waals surface area contributed by atoms with Crippen LogP contribution >= 0.6 is 0 Å². The Hall–Kier alpha value is -2.83. The molecular formula is C12H12N4O3. The molecule has 0 fully saturated rings. The minimum atomic E-state index is -0.638. The number of hydrogen-bond acceptors (Lipinski definition) is 5. The van der Waals surface area contributed by atoms with Gasteiger partial charge in [-0.3, -0.25) is 4.79 Å². The Morgan fingerprint density at radius 3 is 2.63 bits per heavy atom. The molecule has 0 radical (unpaired) electrons. The normalized spacial score (nSPS) is 10.2. The van der Waals surface area contributed by atoms with E-state index in [1.807, 2.05) is 0 Å². The second-order valence-electron chi connectivity index (χ2n) is 3.77. The summed E-state index contributed by atoms with van der Waals surface area (Å²) < 4.78 is 6.00. The smallest absolute Gasteiger partial charge is 0.337 e. The van der Waals surface area contributed by atoms with Gasteiger partial charge in [0.2, 0.25) is 0 Å². The number of nitrogen functional groups attached to an aromatic ring is 1. The Morgan fingerprint density at radius 2 is 2.05 bits per heavy atom. The van der Waals surface area contributed by atoms with Gasteiger partial charge in [0.25, 0.3) is 5.91 Å². The molecule has 0 bridgehead atoms. The molecule has 7 heteroatoms. The van der Waals surface area contributed by atoms with Crippen molar-refractivity contribution in [3.8, 4) is 5.69 Å². The van der Waals surface area contributed by atoms with E-state index in [-0.39, 0.29) is 5.69 Å². The lowest BCUT2D eigenvalue weighted by Crippen LogP contribution is -2.12. The number of carbonyl (C=O) groups excluding carboxylic acids is 2. The van der Waals surface area contributed by atoms with E-state index in [1.165, 1.54) is 30.1 Å². The second-order valence-corrected chi connectivity index (χ2v) is 3.77. The van der Waals surface area contributed by atoms with E-state index >= 15 is 0 Å². The molecular weight excluding hydrogens is 248 g/mol. The van der Waals surface area contributed by atoms with Gasteiger partial charge in [0.15, 0.2) is 0 Å². The van der Waals surface area contributed by atoms with Crippen molar-refractivity contribution >= 4 is 17.6 Å². The van der Waals surface area contributed by atoms with Crippen molar-refractivity contribution in [3.63, 3.8) is 0 Å². The zero-order valence-electron chi connectivity index (χ0n) is 10.2. The fraction of sp³-hybridized carbons (Fsp3) is 0.0833. The molecule has 0 spiro atoms. The summed E-state index contributed by atoms with van der Waals surface area (Å²) in [6, 6.07) is 6.10. The topological polar surface area (TPSA) is 113 Å². The van der Waals surface area contributed by atoms with Crippen molar-refractivity contribution in [2.45, 2.75) is 0 Å². The minimum Gasteiger partial charge on any atom is -0.465 e. The van der Waals surface area contributed by atoms with Crippen LogP contribution in [-0.4, -0.2) is 28.8 Å². The number of benzene rings is 1. The molecule has 0 aliphatic rings. The first-order valence-corrected chi connectivity index (χ1v) is 5.36. The van der Waals surface area contributed by atoms with E-state index in [0.29, 0.717) is 16.9 Å². The Kier molecular flexibility index (Phi) is 3.19. The van der Waals surface area contributed by atoms with Crippen molar-refractivity contribution < 1.29 is 14.3 Å². The van der Waals surface area contributed by atoms with Crippen molar-refractivity contribution in [2.75, 3.05) is 12.8 Å².